The molecule has 5 nitrogen and oxygen atoms in total. The molecule has 2 heterocycles. The molecule has 1 aromatic carbocycles. The SMILES string of the molecule is COc1cccc2sc(N(Cc3cccnc3)C(=O)C34CC5CC(CC(C5)C3)C4)nc12. The molecule has 31 heavy (non-hydrogen) atoms. The Morgan fingerprint density at radius 3 is 2.52 bits per heavy atom. The molecular formula is C25H27N3O2S. The maximum atomic E-state index is 14.3. The fourth-order valence-corrected chi connectivity index (χ4v) is 7.73. The molecular weight excluding hydrogens is 406 g/mol. The molecule has 4 aliphatic carbocycles. The number of aromatic nitrogens is 2. The summed E-state index contributed by atoms with van der Waals surface area (Å²) in [4.78, 5) is 25.4. The molecule has 2 aromatic heterocycles. The van der Waals surface area contributed by atoms with Gasteiger partial charge in [-0.15, -0.1) is 0 Å². The number of carbonyl (C=O) groups excluding carboxylic acids is 1. The number of hydrogen-bond acceptors (Lipinski definition) is 5. The van der Waals surface area contributed by atoms with Crippen molar-refractivity contribution >= 4 is 32.6 Å². The normalized spacial score (nSPS) is 28.7. The number of fused-ring (bicyclic) bond motifs is 1. The van der Waals surface area contributed by atoms with Crippen molar-refractivity contribution in [2.75, 3.05) is 12.0 Å². The monoisotopic (exact) mass is 433 g/mol. The number of ether oxygens (including phenoxy) is 1. The number of pyridine rings is 1. The van der Waals surface area contributed by atoms with Gasteiger partial charge < -0.3 is 4.74 Å². The molecule has 4 fully saturated rings. The average Bonchev–Trinajstić information content (AvgIpc) is 3.21. The van der Waals surface area contributed by atoms with Gasteiger partial charge >= 0.3 is 0 Å². The Balaban J connectivity index is 1.42. The van der Waals surface area contributed by atoms with Gasteiger partial charge in [0.15, 0.2) is 5.13 Å². The van der Waals surface area contributed by atoms with Crippen LogP contribution in [0.5, 0.6) is 5.75 Å². The highest BCUT2D eigenvalue weighted by molar-refractivity contribution is 7.22. The first-order chi connectivity index (χ1) is 15.1. The van der Waals surface area contributed by atoms with Crippen molar-refractivity contribution in [3.63, 3.8) is 0 Å². The summed E-state index contributed by atoms with van der Waals surface area (Å²) >= 11 is 1.58. The van der Waals surface area contributed by atoms with Gasteiger partial charge in [-0.25, -0.2) is 4.98 Å². The van der Waals surface area contributed by atoms with E-state index in [-0.39, 0.29) is 11.3 Å². The number of hydrogen-bond donors (Lipinski definition) is 0. The second-order valence-corrected chi connectivity index (χ2v) is 10.8. The lowest BCUT2D eigenvalue weighted by molar-refractivity contribution is -0.143. The van der Waals surface area contributed by atoms with Gasteiger partial charge in [-0.3, -0.25) is 14.7 Å². The highest BCUT2D eigenvalue weighted by atomic mass is 32.1. The number of methoxy groups -OCH3 is 1. The van der Waals surface area contributed by atoms with Crippen LogP contribution in [0.1, 0.15) is 44.1 Å². The van der Waals surface area contributed by atoms with Crippen LogP contribution in [0, 0.1) is 23.2 Å². The molecule has 0 unspecified atom stereocenters. The van der Waals surface area contributed by atoms with Crippen LogP contribution in [0.4, 0.5) is 5.13 Å². The van der Waals surface area contributed by atoms with Gasteiger partial charge in [0.2, 0.25) is 5.91 Å². The van der Waals surface area contributed by atoms with Gasteiger partial charge in [0.25, 0.3) is 0 Å². The highest BCUT2D eigenvalue weighted by Crippen LogP contribution is 2.61. The maximum Gasteiger partial charge on any atom is 0.235 e. The van der Waals surface area contributed by atoms with Crippen molar-refractivity contribution in [2.24, 2.45) is 23.2 Å². The standard InChI is InChI=1S/C25H27N3O2S/c1-30-20-5-2-6-21-22(20)27-24(31-21)28(15-16-4-3-7-26-14-16)23(29)25-11-17-8-18(12-25)10-19(9-17)13-25/h2-7,14,17-19H,8-13,15H2,1H3. The molecule has 4 bridgehead atoms. The lowest BCUT2D eigenvalue weighted by atomic mass is 9.49. The van der Waals surface area contributed by atoms with Crippen LogP contribution in [0.15, 0.2) is 42.7 Å². The van der Waals surface area contributed by atoms with Gasteiger partial charge in [-0.2, -0.15) is 0 Å². The smallest absolute Gasteiger partial charge is 0.235 e. The summed E-state index contributed by atoms with van der Waals surface area (Å²) in [5.41, 5.74) is 1.66. The van der Waals surface area contributed by atoms with Gasteiger partial charge in [0, 0.05) is 12.4 Å². The van der Waals surface area contributed by atoms with E-state index in [0.717, 1.165) is 63.7 Å². The molecule has 0 saturated heterocycles. The van der Waals surface area contributed by atoms with E-state index in [1.807, 2.05) is 35.4 Å². The number of amides is 1. The van der Waals surface area contributed by atoms with Crippen LogP contribution in [0.2, 0.25) is 0 Å². The van der Waals surface area contributed by atoms with Crippen LogP contribution in [0.25, 0.3) is 10.2 Å². The third-order valence-electron chi connectivity index (χ3n) is 7.62. The van der Waals surface area contributed by atoms with Crippen LogP contribution >= 0.6 is 11.3 Å². The van der Waals surface area contributed by atoms with Gasteiger partial charge in [-0.1, -0.05) is 23.5 Å². The van der Waals surface area contributed by atoms with Gasteiger partial charge in [0.05, 0.1) is 23.8 Å². The molecule has 160 valence electrons. The lowest BCUT2D eigenvalue weighted by Gasteiger charge is -2.56. The van der Waals surface area contributed by atoms with Crippen molar-refractivity contribution in [1.82, 2.24) is 9.97 Å². The Morgan fingerprint density at radius 2 is 1.87 bits per heavy atom. The lowest BCUT2D eigenvalue weighted by Crippen LogP contribution is -2.54. The third kappa shape index (κ3) is 3.23. The molecule has 0 spiro atoms. The Bertz CT molecular complexity index is 1090. The number of thiazole rings is 1. The van der Waals surface area contributed by atoms with Crippen molar-refractivity contribution in [1.29, 1.82) is 0 Å². The quantitative estimate of drug-likeness (QED) is 0.537. The summed E-state index contributed by atoms with van der Waals surface area (Å²) in [5.74, 6) is 3.21. The van der Waals surface area contributed by atoms with Crippen LogP contribution < -0.4 is 9.64 Å². The molecule has 3 aromatic rings. The van der Waals surface area contributed by atoms with Crippen molar-refractivity contribution in [3.8, 4) is 5.75 Å². The minimum atomic E-state index is -0.209. The number of carbonyl (C=O) groups is 1. The summed E-state index contributed by atoms with van der Waals surface area (Å²) in [6.45, 7) is 0.510. The molecule has 7 rings (SSSR count). The average molecular weight is 434 g/mol. The summed E-state index contributed by atoms with van der Waals surface area (Å²) in [5, 5.41) is 0.768. The first kappa shape index (κ1) is 19.2. The van der Waals surface area contributed by atoms with E-state index >= 15 is 0 Å². The highest BCUT2D eigenvalue weighted by Gasteiger charge is 2.56. The molecule has 1 amide bonds. The second-order valence-electron chi connectivity index (χ2n) is 9.75. The van der Waals surface area contributed by atoms with Crippen molar-refractivity contribution < 1.29 is 9.53 Å². The Labute approximate surface area is 186 Å². The maximum absolute atomic E-state index is 14.3. The largest absolute Gasteiger partial charge is 0.494 e. The summed E-state index contributed by atoms with van der Waals surface area (Å²) < 4.78 is 6.58. The summed E-state index contributed by atoms with van der Waals surface area (Å²) in [6, 6.07) is 9.94. The van der Waals surface area contributed by atoms with Crippen molar-refractivity contribution in [2.45, 2.75) is 45.1 Å². The summed E-state index contributed by atoms with van der Waals surface area (Å²) in [6.07, 6.45) is 10.8. The van der Waals surface area contributed by atoms with Gasteiger partial charge in [0.1, 0.15) is 11.3 Å². The predicted octanol–water partition coefficient (Wildman–Crippen LogP) is 5.45. The van der Waals surface area contributed by atoms with Crippen LogP contribution in [0.3, 0.4) is 0 Å². The molecule has 0 aliphatic heterocycles. The minimum Gasteiger partial charge on any atom is -0.494 e. The molecule has 0 radical (unpaired) electrons. The first-order valence-electron chi connectivity index (χ1n) is 11.3. The Hall–Kier alpha value is -2.47. The van der Waals surface area contributed by atoms with Gasteiger partial charge in [-0.05, 0) is 80.0 Å². The fraction of sp³-hybridized carbons (Fsp3) is 0.480. The fourth-order valence-electron chi connectivity index (χ4n) is 6.75. The summed E-state index contributed by atoms with van der Waals surface area (Å²) in [7, 11) is 1.67. The zero-order valence-corrected chi connectivity index (χ0v) is 18.6. The van der Waals surface area contributed by atoms with E-state index in [9.17, 15) is 4.79 Å². The van der Waals surface area contributed by atoms with Crippen molar-refractivity contribution in [3.05, 3.63) is 48.3 Å². The third-order valence-corrected chi connectivity index (χ3v) is 8.67. The zero-order valence-electron chi connectivity index (χ0n) is 17.8. The van der Waals surface area contributed by atoms with Crippen LogP contribution in [-0.2, 0) is 11.3 Å². The van der Waals surface area contributed by atoms with E-state index in [1.165, 1.54) is 19.3 Å². The number of anilines is 1. The van der Waals surface area contributed by atoms with E-state index in [2.05, 4.69) is 11.1 Å². The number of benzene rings is 1. The van der Waals surface area contributed by atoms with E-state index in [0.29, 0.717) is 6.54 Å². The number of para-hydroxylation sites is 1. The second kappa shape index (κ2) is 7.30. The first-order valence-corrected chi connectivity index (χ1v) is 12.1. The zero-order chi connectivity index (χ0) is 21.0. The van der Waals surface area contributed by atoms with E-state index in [1.54, 1.807) is 24.6 Å². The Kier molecular flexibility index (Phi) is 4.53. The predicted molar refractivity (Wildman–Crippen MR) is 122 cm³/mol. The Morgan fingerprint density at radius 1 is 1.13 bits per heavy atom. The molecule has 0 atom stereocenters. The minimum absolute atomic E-state index is 0.209. The molecule has 4 saturated carbocycles. The van der Waals surface area contributed by atoms with E-state index in [4.69, 9.17) is 9.72 Å². The molecule has 0 N–H and O–H groups in total. The molecule has 6 heteroatoms. The number of rotatable bonds is 5. The number of nitrogens with zero attached hydrogens (tertiary/aromatic N) is 3. The topological polar surface area (TPSA) is 55.3 Å². The van der Waals surface area contributed by atoms with E-state index < -0.39 is 0 Å². The molecule has 4 aliphatic rings. The van der Waals surface area contributed by atoms with Crippen LogP contribution in [-0.4, -0.2) is 23.0 Å².